The summed E-state index contributed by atoms with van der Waals surface area (Å²) in [5.74, 6) is 0.118. The van der Waals surface area contributed by atoms with E-state index in [4.69, 9.17) is 31.0 Å². The standard InChI is InChI=1S/C10H13N5O4.C7H8O3S.C5H11NO2S/c11-8-5-9(13-2-12-8)15(3-14-5)10-7(18)6(17)4(1-16)19-10;1-6-2-4-7(5-3-6)11(8,9)10;1-9-3-2-4(6)5(7)8/h2-4,6-7,10,16-18H,1H2,(H2,11,12,13);2-5H,1H3,(H,8,9,10);4H,2-3,6H2,1H3,(H,7,8)/t4-,6-,7-,10-;;/m1../s1. The van der Waals surface area contributed by atoms with Gasteiger partial charge in [-0.05, 0) is 37.5 Å². The summed E-state index contributed by atoms with van der Waals surface area (Å²) in [6, 6.07) is 5.30. The number of aliphatic hydroxyl groups is 3. The molecule has 0 bridgehead atoms. The van der Waals surface area contributed by atoms with E-state index in [2.05, 4.69) is 15.0 Å². The van der Waals surface area contributed by atoms with E-state index in [1.165, 1.54) is 29.4 Å². The molecule has 4 rings (SSSR count). The Bertz CT molecular complexity index is 1320. The van der Waals surface area contributed by atoms with Crippen LogP contribution in [0.3, 0.4) is 0 Å². The summed E-state index contributed by atoms with van der Waals surface area (Å²) in [6.45, 7) is 1.45. The first-order valence-electron chi connectivity index (χ1n) is 11.4. The first-order valence-corrected chi connectivity index (χ1v) is 14.2. The first kappa shape index (κ1) is 32.3. The van der Waals surface area contributed by atoms with Gasteiger partial charge in [-0.3, -0.25) is 13.9 Å². The Hall–Kier alpha value is -2.90. The fourth-order valence-electron chi connectivity index (χ4n) is 3.24. The molecule has 0 radical (unpaired) electrons. The first-order chi connectivity index (χ1) is 18.3. The van der Waals surface area contributed by atoms with Crippen LogP contribution >= 0.6 is 11.8 Å². The maximum atomic E-state index is 10.5. The Labute approximate surface area is 228 Å². The average molecular weight is 589 g/mol. The Balaban J connectivity index is 0.000000228. The lowest BCUT2D eigenvalue weighted by Crippen LogP contribution is -2.33. The lowest BCUT2D eigenvalue weighted by molar-refractivity contribution is -0.138. The molecule has 3 heterocycles. The maximum absolute atomic E-state index is 10.5. The molecule has 5 atom stereocenters. The van der Waals surface area contributed by atoms with Crippen molar-refractivity contribution >= 4 is 44.8 Å². The van der Waals surface area contributed by atoms with Crippen LogP contribution in [0.15, 0.2) is 41.8 Å². The lowest BCUT2D eigenvalue weighted by Gasteiger charge is -2.16. The number of anilines is 1. The molecule has 2 aromatic heterocycles. The van der Waals surface area contributed by atoms with Gasteiger partial charge in [0.05, 0.1) is 17.8 Å². The number of hydrogen-bond acceptors (Lipinski definition) is 13. The molecule has 1 saturated heterocycles. The monoisotopic (exact) mass is 588 g/mol. The zero-order valence-corrected chi connectivity index (χ0v) is 22.7. The van der Waals surface area contributed by atoms with Crippen molar-refractivity contribution in [2.45, 2.75) is 48.8 Å². The summed E-state index contributed by atoms with van der Waals surface area (Å²) < 4.78 is 36.4. The summed E-state index contributed by atoms with van der Waals surface area (Å²) in [4.78, 5) is 21.9. The van der Waals surface area contributed by atoms with E-state index in [-0.39, 0.29) is 10.7 Å². The molecule has 1 aliphatic rings. The number of fused-ring (bicyclic) bond motifs is 1. The zero-order chi connectivity index (χ0) is 29.3. The molecule has 9 N–H and O–H groups in total. The molecule has 0 amide bonds. The smallest absolute Gasteiger partial charge is 0.320 e. The molecule has 0 spiro atoms. The van der Waals surface area contributed by atoms with E-state index in [0.29, 0.717) is 17.6 Å². The topological polar surface area (TPSA) is 257 Å². The number of aryl methyl sites for hydroxylation is 1. The van der Waals surface area contributed by atoms with Crippen LogP contribution in [0.2, 0.25) is 0 Å². The Morgan fingerprint density at radius 2 is 1.82 bits per heavy atom. The van der Waals surface area contributed by atoms with Crippen molar-refractivity contribution in [2.24, 2.45) is 5.73 Å². The third-order valence-electron chi connectivity index (χ3n) is 5.45. The lowest BCUT2D eigenvalue weighted by atomic mass is 10.1. The molecule has 15 nitrogen and oxygen atoms in total. The van der Waals surface area contributed by atoms with Crippen LogP contribution in [0.4, 0.5) is 5.82 Å². The SMILES string of the molecule is CSCCC(N)C(=O)O.Cc1ccc(S(=O)(=O)O)cc1.Nc1ncnc2c1ncn2[C@@H]1O[C@H](CO)[C@@H](O)[C@H]1O. The molecular formula is C22H32N6O9S2. The van der Waals surface area contributed by atoms with Crippen molar-refractivity contribution < 1.29 is 42.9 Å². The van der Waals surface area contributed by atoms with E-state index in [9.17, 15) is 23.4 Å². The normalized spacial score (nSPS) is 21.4. The van der Waals surface area contributed by atoms with Crippen molar-refractivity contribution in [3.05, 3.63) is 42.5 Å². The number of carboxylic acids is 1. The summed E-state index contributed by atoms with van der Waals surface area (Å²) in [7, 11) is -4.02. The van der Waals surface area contributed by atoms with Gasteiger partial charge in [-0.1, -0.05) is 17.7 Å². The molecule has 0 saturated carbocycles. The van der Waals surface area contributed by atoms with E-state index in [1.807, 2.05) is 13.2 Å². The molecule has 216 valence electrons. The predicted molar refractivity (Wildman–Crippen MR) is 142 cm³/mol. The fourth-order valence-corrected chi connectivity index (χ4v) is 4.21. The largest absolute Gasteiger partial charge is 0.480 e. The number of nitrogens with zero attached hydrogens (tertiary/aromatic N) is 4. The number of aliphatic carboxylic acids is 1. The summed E-state index contributed by atoms with van der Waals surface area (Å²) in [6.07, 6.45) is 1.05. The Kier molecular flexibility index (Phi) is 12.0. The van der Waals surface area contributed by atoms with Crippen LogP contribution in [0.25, 0.3) is 11.2 Å². The van der Waals surface area contributed by atoms with Gasteiger partial charge in [-0.25, -0.2) is 15.0 Å². The second-order valence-electron chi connectivity index (χ2n) is 8.33. The number of benzene rings is 1. The number of rotatable bonds is 7. The van der Waals surface area contributed by atoms with Gasteiger partial charge in [0, 0.05) is 0 Å². The second kappa shape index (κ2) is 14.5. The van der Waals surface area contributed by atoms with E-state index < -0.39 is 53.3 Å². The number of aliphatic hydroxyl groups excluding tert-OH is 3. The molecule has 1 fully saturated rings. The van der Waals surface area contributed by atoms with Gasteiger partial charge in [0.1, 0.15) is 36.2 Å². The number of nitrogen functional groups attached to an aromatic ring is 1. The predicted octanol–water partition coefficient (Wildman–Crippen LogP) is -0.587. The van der Waals surface area contributed by atoms with Crippen LogP contribution in [0.5, 0.6) is 0 Å². The molecule has 1 aliphatic heterocycles. The van der Waals surface area contributed by atoms with Gasteiger partial charge in [-0.2, -0.15) is 20.2 Å². The van der Waals surface area contributed by atoms with Gasteiger partial charge in [-0.15, -0.1) is 0 Å². The minimum Gasteiger partial charge on any atom is -0.480 e. The number of nitrogens with two attached hydrogens (primary N) is 2. The minimum atomic E-state index is -4.02. The van der Waals surface area contributed by atoms with Crippen molar-refractivity contribution in [1.82, 2.24) is 19.5 Å². The molecule has 39 heavy (non-hydrogen) atoms. The van der Waals surface area contributed by atoms with Crippen LogP contribution in [-0.4, -0.2) is 102 Å². The molecule has 3 aromatic rings. The highest BCUT2D eigenvalue weighted by Crippen LogP contribution is 2.31. The Morgan fingerprint density at radius 3 is 2.33 bits per heavy atom. The van der Waals surface area contributed by atoms with Gasteiger partial charge in [0.15, 0.2) is 17.7 Å². The van der Waals surface area contributed by atoms with E-state index in [0.717, 1.165) is 11.3 Å². The second-order valence-corrected chi connectivity index (χ2v) is 10.7. The number of thioether (sulfide) groups is 1. The van der Waals surface area contributed by atoms with Crippen molar-refractivity contribution in [3.8, 4) is 0 Å². The fraction of sp³-hybridized carbons (Fsp3) is 0.455. The minimum absolute atomic E-state index is 0.0666. The number of hydrogen-bond donors (Lipinski definition) is 7. The van der Waals surface area contributed by atoms with Crippen molar-refractivity contribution in [1.29, 1.82) is 0 Å². The molecule has 1 aromatic carbocycles. The average Bonchev–Trinajstić information content (AvgIpc) is 3.44. The van der Waals surface area contributed by atoms with Gasteiger partial charge in [0.2, 0.25) is 0 Å². The molecule has 17 heteroatoms. The third kappa shape index (κ3) is 8.80. The highest BCUT2D eigenvalue weighted by molar-refractivity contribution is 7.98. The molecule has 1 unspecified atom stereocenters. The van der Waals surface area contributed by atoms with E-state index >= 15 is 0 Å². The zero-order valence-electron chi connectivity index (χ0n) is 21.1. The van der Waals surface area contributed by atoms with Crippen molar-refractivity contribution in [3.63, 3.8) is 0 Å². The molecular weight excluding hydrogens is 556 g/mol. The van der Waals surface area contributed by atoms with Crippen LogP contribution in [-0.2, 0) is 19.6 Å². The number of carbonyl (C=O) groups is 1. The van der Waals surface area contributed by atoms with Crippen LogP contribution in [0.1, 0.15) is 18.2 Å². The van der Waals surface area contributed by atoms with Gasteiger partial charge < -0.3 is 36.6 Å². The van der Waals surface area contributed by atoms with Crippen LogP contribution in [0, 0.1) is 6.92 Å². The van der Waals surface area contributed by atoms with Gasteiger partial charge >= 0.3 is 5.97 Å². The quantitative estimate of drug-likeness (QED) is 0.170. The van der Waals surface area contributed by atoms with Gasteiger partial charge in [0.25, 0.3) is 10.1 Å². The van der Waals surface area contributed by atoms with Crippen molar-refractivity contribution in [2.75, 3.05) is 24.3 Å². The number of aromatic nitrogens is 4. The number of ether oxygens (including phenoxy) is 1. The summed E-state index contributed by atoms with van der Waals surface area (Å²) in [5, 5.41) is 37.0. The third-order valence-corrected chi connectivity index (χ3v) is 6.96. The number of imidazole rings is 1. The highest BCUT2D eigenvalue weighted by atomic mass is 32.2. The molecule has 0 aliphatic carbocycles. The number of carboxylic acid groups (broad SMARTS) is 1. The van der Waals surface area contributed by atoms with Crippen LogP contribution < -0.4 is 11.5 Å². The summed E-state index contributed by atoms with van der Waals surface area (Å²) in [5.41, 5.74) is 12.6. The summed E-state index contributed by atoms with van der Waals surface area (Å²) >= 11 is 1.60. The Morgan fingerprint density at radius 1 is 1.18 bits per heavy atom. The highest BCUT2D eigenvalue weighted by Gasteiger charge is 2.44. The van der Waals surface area contributed by atoms with E-state index in [1.54, 1.807) is 23.9 Å². The maximum Gasteiger partial charge on any atom is 0.320 e.